The van der Waals surface area contributed by atoms with E-state index in [1.54, 1.807) is 0 Å². The number of rotatable bonds is 9. The Bertz CT molecular complexity index is 2640. The van der Waals surface area contributed by atoms with Crippen LogP contribution in [0.3, 0.4) is 0 Å². The van der Waals surface area contributed by atoms with Crippen LogP contribution in [0.2, 0.25) is 0 Å². The average Bonchev–Trinajstić information content (AvgIpc) is 3.71. The van der Waals surface area contributed by atoms with Gasteiger partial charge in [0.1, 0.15) is 11.5 Å². The van der Waals surface area contributed by atoms with E-state index >= 15 is 0 Å². The van der Waals surface area contributed by atoms with Gasteiger partial charge in [0.05, 0.1) is 33.4 Å². The first kappa shape index (κ1) is 35.2. The maximum Gasteiger partial charge on any atom is 0.147 e. The number of para-hydroxylation sites is 4. The van der Waals surface area contributed by atoms with Crippen molar-refractivity contribution in [1.29, 1.82) is 0 Å². The zero-order valence-corrected chi connectivity index (χ0v) is 33.1. The molecule has 2 N–H and O–H groups in total. The van der Waals surface area contributed by atoms with Gasteiger partial charge in [0.25, 0.3) is 0 Å². The van der Waals surface area contributed by atoms with Crippen molar-refractivity contribution in [2.75, 3.05) is 17.8 Å². The van der Waals surface area contributed by atoms with E-state index < -0.39 is 0 Å². The van der Waals surface area contributed by atoms with Crippen LogP contribution >= 0.6 is 23.5 Å². The van der Waals surface area contributed by atoms with Crippen molar-refractivity contribution in [2.24, 2.45) is 0 Å². The molecule has 6 heteroatoms. The van der Waals surface area contributed by atoms with Crippen LogP contribution in [-0.4, -0.2) is 37.1 Å². The Labute approximate surface area is 330 Å². The van der Waals surface area contributed by atoms with Crippen molar-refractivity contribution in [3.8, 4) is 45.1 Å². The Hall–Kier alpha value is -5.56. The van der Waals surface area contributed by atoms with E-state index in [2.05, 4.69) is 170 Å². The fraction of sp³-hybridized carbons (Fsp3) is 0.143. The molecule has 9 aromatic rings. The third-order valence-corrected chi connectivity index (χ3v) is 12.6. The van der Waals surface area contributed by atoms with Crippen LogP contribution < -0.4 is 0 Å². The fourth-order valence-corrected chi connectivity index (χ4v) is 10.1. The summed E-state index contributed by atoms with van der Waals surface area (Å²) >= 11 is 3.66. The van der Waals surface area contributed by atoms with Gasteiger partial charge in [-0.3, -0.25) is 0 Å². The van der Waals surface area contributed by atoms with Gasteiger partial charge in [0.2, 0.25) is 0 Å². The van der Waals surface area contributed by atoms with Crippen LogP contribution in [0, 0.1) is 20.8 Å². The smallest absolute Gasteiger partial charge is 0.147 e. The third-order valence-electron chi connectivity index (χ3n) is 10.7. The Balaban J connectivity index is 1.30. The van der Waals surface area contributed by atoms with E-state index in [9.17, 15) is 10.2 Å². The lowest BCUT2D eigenvalue weighted by molar-refractivity contribution is 0.475. The largest absolute Gasteiger partial charge is 0.505 e. The molecule has 0 atom stereocenters. The van der Waals surface area contributed by atoms with Gasteiger partial charge in [-0.05, 0) is 121 Å². The highest BCUT2D eigenvalue weighted by Crippen LogP contribution is 2.49. The number of aromatic nitrogens is 2. The number of phenols is 2. The van der Waals surface area contributed by atoms with Crippen molar-refractivity contribution in [3.05, 3.63) is 150 Å². The van der Waals surface area contributed by atoms with E-state index in [4.69, 9.17) is 0 Å². The summed E-state index contributed by atoms with van der Waals surface area (Å²) < 4.78 is 4.39. The number of nitrogens with zero attached hydrogens (tertiary/aromatic N) is 2. The summed E-state index contributed by atoms with van der Waals surface area (Å²) in [5.74, 6) is 2.44. The summed E-state index contributed by atoms with van der Waals surface area (Å²) in [7, 11) is 0. The van der Waals surface area contributed by atoms with E-state index in [0.29, 0.717) is 0 Å². The summed E-state index contributed by atoms with van der Waals surface area (Å²) in [6.45, 7) is 6.32. The molecule has 0 aliphatic carbocycles. The maximum absolute atomic E-state index is 12.5. The van der Waals surface area contributed by atoms with Crippen molar-refractivity contribution >= 4 is 67.1 Å². The molecule has 0 spiro atoms. The van der Waals surface area contributed by atoms with Gasteiger partial charge in [-0.25, -0.2) is 0 Å². The molecule has 2 heterocycles. The standard InChI is InChI=1S/C49H42N2O2S2/c1-30-26-39(37-24-31(2)28-45(47(37)52)50-41-18-9-5-14-33(41)34-15-6-10-19-42(34)50)49(55-23-13-22-54-4)40(27-30)38-25-32(3)29-46(48(38)53)51-43-20-11-7-16-35(43)36-17-8-12-21-44(36)51/h5-12,14-21,24-29,52-53H,13,22-23H2,1-4H3. The Morgan fingerprint density at radius 1 is 0.455 bits per heavy atom. The molecule has 55 heavy (non-hydrogen) atoms. The lowest BCUT2D eigenvalue weighted by Gasteiger charge is -2.22. The quantitative estimate of drug-likeness (QED) is 0.114. The second-order valence-electron chi connectivity index (χ2n) is 14.5. The molecular formula is C49H42N2O2S2. The highest BCUT2D eigenvalue weighted by Gasteiger charge is 2.24. The molecule has 0 aliphatic heterocycles. The van der Waals surface area contributed by atoms with Gasteiger partial charge in [0.15, 0.2) is 0 Å². The number of thioether (sulfide) groups is 2. The first-order chi connectivity index (χ1) is 26.8. The van der Waals surface area contributed by atoms with Gasteiger partial charge in [-0.15, -0.1) is 11.8 Å². The number of aromatic hydroxyl groups is 2. The second kappa shape index (κ2) is 14.3. The van der Waals surface area contributed by atoms with Gasteiger partial charge in [0, 0.05) is 37.6 Å². The first-order valence-corrected chi connectivity index (χ1v) is 21.1. The molecular weight excluding hydrogens is 713 g/mol. The lowest BCUT2D eigenvalue weighted by Crippen LogP contribution is -2.00. The predicted molar refractivity (Wildman–Crippen MR) is 237 cm³/mol. The van der Waals surface area contributed by atoms with Crippen molar-refractivity contribution in [3.63, 3.8) is 0 Å². The molecule has 272 valence electrons. The summed E-state index contributed by atoms with van der Waals surface area (Å²) in [4.78, 5) is 1.05. The van der Waals surface area contributed by atoms with Crippen LogP contribution in [0.25, 0.3) is 77.2 Å². The summed E-state index contributed by atoms with van der Waals surface area (Å²) in [5, 5.41) is 29.7. The van der Waals surface area contributed by atoms with Gasteiger partial charge >= 0.3 is 0 Å². The van der Waals surface area contributed by atoms with Crippen LogP contribution in [0.5, 0.6) is 11.5 Å². The van der Waals surface area contributed by atoms with E-state index in [0.717, 1.165) is 117 Å². The molecule has 0 radical (unpaired) electrons. The highest BCUT2D eigenvalue weighted by atomic mass is 32.2. The van der Waals surface area contributed by atoms with Crippen molar-refractivity contribution < 1.29 is 10.2 Å². The summed E-state index contributed by atoms with van der Waals surface area (Å²) in [5.41, 5.74) is 12.4. The molecule has 9 rings (SSSR count). The number of aryl methyl sites for hydroxylation is 3. The zero-order chi connectivity index (χ0) is 37.8. The number of fused-ring (bicyclic) bond motifs is 6. The monoisotopic (exact) mass is 754 g/mol. The topological polar surface area (TPSA) is 50.3 Å². The number of hydrogen-bond donors (Lipinski definition) is 2. The Morgan fingerprint density at radius 3 is 1.18 bits per heavy atom. The minimum atomic E-state index is 0.235. The molecule has 0 amide bonds. The molecule has 0 bridgehead atoms. The molecule has 7 aromatic carbocycles. The Morgan fingerprint density at radius 2 is 0.800 bits per heavy atom. The molecule has 0 fully saturated rings. The molecule has 0 saturated heterocycles. The Kier molecular flexibility index (Phi) is 9.12. The maximum atomic E-state index is 12.5. The number of phenolic OH excluding ortho intramolecular Hbond substituents is 2. The normalized spacial score (nSPS) is 11.8. The number of benzene rings is 7. The predicted octanol–water partition coefficient (Wildman–Crippen LogP) is 13.4. The molecule has 0 unspecified atom stereocenters. The third kappa shape index (κ3) is 5.96. The lowest BCUT2D eigenvalue weighted by atomic mass is 9.93. The van der Waals surface area contributed by atoms with E-state index in [-0.39, 0.29) is 11.5 Å². The highest BCUT2D eigenvalue weighted by molar-refractivity contribution is 8.00. The fourth-order valence-electron chi connectivity index (χ4n) is 8.34. The average molecular weight is 755 g/mol. The summed E-state index contributed by atoms with van der Waals surface area (Å²) in [6, 6.07) is 46.4. The minimum Gasteiger partial charge on any atom is -0.505 e. The van der Waals surface area contributed by atoms with Gasteiger partial charge < -0.3 is 19.3 Å². The second-order valence-corrected chi connectivity index (χ2v) is 16.6. The molecule has 4 nitrogen and oxygen atoms in total. The molecule has 2 aromatic heterocycles. The number of hydrogen-bond acceptors (Lipinski definition) is 4. The van der Waals surface area contributed by atoms with Crippen LogP contribution in [-0.2, 0) is 0 Å². The van der Waals surface area contributed by atoms with Crippen LogP contribution in [0.1, 0.15) is 23.1 Å². The van der Waals surface area contributed by atoms with Crippen LogP contribution in [0.15, 0.2) is 138 Å². The van der Waals surface area contributed by atoms with Gasteiger partial charge in [-0.2, -0.15) is 11.8 Å². The molecule has 0 saturated carbocycles. The summed E-state index contributed by atoms with van der Waals surface area (Å²) in [6.07, 6.45) is 3.19. The molecule has 0 aliphatic rings. The SMILES string of the molecule is CSCCCSc1c(-c2cc(C)cc(-n3c4ccccc4c4ccccc43)c2O)cc(C)cc1-c1cc(C)cc(-n2c3ccccc3c3ccccc32)c1O. The first-order valence-electron chi connectivity index (χ1n) is 18.8. The van der Waals surface area contributed by atoms with E-state index in [1.807, 2.05) is 23.5 Å². The minimum absolute atomic E-state index is 0.235. The van der Waals surface area contributed by atoms with Crippen molar-refractivity contribution in [2.45, 2.75) is 32.1 Å². The van der Waals surface area contributed by atoms with E-state index in [1.165, 1.54) is 0 Å². The van der Waals surface area contributed by atoms with Crippen molar-refractivity contribution in [1.82, 2.24) is 9.13 Å². The van der Waals surface area contributed by atoms with Gasteiger partial charge in [-0.1, -0.05) is 84.9 Å². The van der Waals surface area contributed by atoms with Crippen LogP contribution in [0.4, 0.5) is 0 Å². The zero-order valence-electron chi connectivity index (χ0n) is 31.4.